The predicted octanol–water partition coefficient (Wildman–Crippen LogP) is 5.94. The highest BCUT2D eigenvalue weighted by Crippen LogP contribution is 2.47. The fourth-order valence-corrected chi connectivity index (χ4v) is 6.56. The van der Waals surface area contributed by atoms with Gasteiger partial charge in [0.15, 0.2) is 11.5 Å². The minimum atomic E-state index is -4.07. The van der Waals surface area contributed by atoms with Gasteiger partial charge in [0.25, 0.3) is 0 Å². The Morgan fingerprint density at radius 1 is 1.02 bits per heavy atom. The van der Waals surface area contributed by atoms with Gasteiger partial charge in [-0.15, -0.1) is 0 Å². The number of nitrogens with two attached hydrogens (primary N) is 1. The highest BCUT2D eigenvalue weighted by atomic mass is 32.1. The fraction of sp³-hybridized carbons (Fsp3) is 0.649. The van der Waals surface area contributed by atoms with E-state index in [-0.39, 0.29) is 31.1 Å². The first-order valence-electron chi connectivity index (χ1n) is 18.1. The second-order valence-corrected chi connectivity index (χ2v) is 17.0. The fourth-order valence-electron chi connectivity index (χ4n) is 5.86. The molecule has 2 aromatic rings. The predicted molar refractivity (Wildman–Crippen MR) is 208 cm³/mol. The molecular formula is C37H59N4O11PS. The number of ether oxygens (including phenoxy) is 1. The van der Waals surface area contributed by atoms with Gasteiger partial charge in [-0.3, -0.25) is 28.0 Å². The van der Waals surface area contributed by atoms with Crippen molar-refractivity contribution < 1.29 is 46.1 Å². The number of hydrogen-bond donors (Lipinski definition) is 3. The standard InChI is InChI=1S/C37H59N4O11PS/c1-11-13-14-15-30(42)41(23-50-53(46,47-9)48-10)28(20-26-16-18-27(19-17-26)49-21-29-25(4)51-35(45)52-29)32(43)39-31(24(3)12-2)33(44)40-37(7,8)22-36(5,6)34(38)54/h16-19,24,28,31H,11-15,20-23H2,1-10H3,(H2,38,54)(H,39,43)(H,40,44). The molecule has 3 atom stereocenters. The smallest absolute Gasteiger partial charge is 0.486 e. The van der Waals surface area contributed by atoms with Crippen molar-refractivity contribution in [1.29, 1.82) is 0 Å². The molecule has 1 aromatic carbocycles. The van der Waals surface area contributed by atoms with Gasteiger partial charge in [0.05, 0.1) is 4.99 Å². The monoisotopic (exact) mass is 798 g/mol. The zero-order valence-electron chi connectivity index (χ0n) is 33.3. The van der Waals surface area contributed by atoms with Crippen molar-refractivity contribution in [2.24, 2.45) is 17.1 Å². The van der Waals surface area contributed by atoms with Gasteiger partial charge in [0.1, 0.15) is 31.2 Å². The molecule has 1 heterocycles. The van der Waals surface area contributed by atoms with Crippen LogP contribution >= 0.6 is 20.0 Å². The zero-order chi connectivity index (χ0) is 40.9. The van der Waals surface area contributed by atoms with Gasteiger partial charge in [0.2, 0.25) is 17.7 Å². The molecule has 1 aromatic heterocycles. The van der Waals surface area contributed by atoms with Crippen LogP contribution in [0.4, 0.5) is 0 Å². The lowest BCUT2D eigenvalue weighted by atomic mass is 9.79. The number of rotatable bonds is 24. The molecule has 304 valence electrons. The summed E-state index contributed by atoms with van der Waals surface area (Å²) in [6.45, 7) is 14.2. The average Bonchev–Trinajstić information content (AvgIpc) is 3.44. The van der Waals surface area contributed by atoms with E-state index in [0.29, 0.717) is 41.3 Å². The van der Waals surface area contributed by atoms with E-state index in [1.165, 1.54) is 4.90 Å². The first kappa shape index (κ1) is 46.6. The lowest BCUT2D eigenvalue weighted by molar-refractivity contribution is -0.145. The molecule has 3 amide bonds. The number of benzene rings is 1. The van der Waals surface area contributed by atoms with Crippen LogP contribution < -0.4 is 26.9 Å². The van der Waals surface area contributed by atoms with Gasteiger partial charge < -0.3 is 34.8 Å². The number of phosphoric acid groups is 1. The molecule has 54 heavy (non-hydrogen) atoms. The molecule has 4 N–H and O–H groups in total. The summed E-state index contributed by atoms with van der Waals surface area (Å²) in [5.74, 6) is -1.60. The second-order valence-electron chi connectivity index (χ2n) is 14.6. The quantitative estimate of drug-likeness (QED) is 0.0488. The Morgan fingerprint density at radius 3 is 2.17 bits per heavy atom. The van der Waals surface area contributed by atoms with Crippen LogP contribution in [0.3, 0.4) is 0 Å². The van der Waals surface area contributed by atoms with Crippen molar-refractivity contribution >= 4 is 42.8 Å². The van der Waals surface area contributed by atoms with Crippen molar-refractivity contribution in [3.8, 4) is 5.75 Å². The molecule has 0 saturated heterocycles. The van der Waals surface area contributed by atoms with E-state index in [1.807, 2.05) is 48.5 Å². The highest BCUT2D eigenvalue weighted by molar-refractivity contribution is 7.80. The molecule has 0 bridgehead atoms. The number of nitrogens with one attached hydrogen (secondary N) is 2. The number of unbranched alkanes of at least 4 members (excludes halogenated alkanes) is 2. The highest BCUT2D eigenvalue weighted by Gasteiger charge is 2.38. The van der Waals surface area contributed by atoms with Crippen LogP contribution in [0, 0.1) is 18.3 Å². The van der Waals surface area contributed by atoms with E-state index in [2.05, 4.69) is 10.6 Å². The summed E-state index contributed by atoms with van der Waals surface area (Å²) in [4.78, 5) is 55.2. The molecule has 0 aliphatic rings. The van der Waals surface area contributed by atoms with Crippen molar-refractivity contribution in [2.75, 3.05) is 21.0 Å². The number of amides is 3. The number of nitrogens with zero attached hydrogens (tertiary/aromatic N) is 1. The number of hydrogen-bond acceptors (Lipinski definition) is 12. The summed E-state index contributed by atoms with van der Waals surface area (Å²) in [5, 5.41) is 6.00. The third kappa shape index (κ3) is 14.3. The first-order chi connectivity index (χ1) is 25.2. The molecule has 0 aliphatic heterocycles. The van der Waals surface area contributed by atoms with Crippen LogP contribution in [-0.4, -0.2) is 66.2 Å². The number of phosphoric ester groups is 1. The Morgan fingerprint density at radius 2 is 1.65 bits per heavy atom. The number of carbonyl (C=O) groups is 3. The molecule has 0 radical (unpaired) electrons. The molecule has 0 spiro atoms. The Labute approximate surface area is 324 Å². The second kappa shape index (κ2) is 20.9. The van der Waals surface area contributed by atoms with Gasteiger partial charge in [-0.1, -0.05) is 78.2 Å². The normalized spacial score (nSPS) is 13.8. The van der Waals surface area contributed by atoms with Crippen LogP contribution in [0.2, 0.25) is 0 Å². The average molecular weight is 799 g/mol. The Bertz CT molecular complexity index is 1650. The third-order valence-corrected chi connectivity index (χ3v) is 11.0. The number of aryl methyl sites for hydroxylation is 1. The largest absolute Gasteiger partial charge is 0.519 e. The summed E-state index contributed by atoms with van der Waals surface area (Å²) in [6, 6.07) is 4.55. The van der Waals surface area contributed by atoms with E-state index in [1.54, 1.807) is 31.2 Å². The summed E-state index contributed by atoms with van der Waals surface area (Å²) in [5.41, 5.74) is 5.31. The van der Waals surface area contributed by atoms with Crippen molar-refractivity contribution in [3.63, 3.8) is 0 Å². The van der Waals surface area contributed by atoms with Crippen LogP contribution in [-0.2, 0) is 45.5 Å². The maximum atomic E-state index is 14.5. The van der Waals surface area contributed by atoms with E-state index in [0.717, 1.165) is 27.1 Å². The minimum absolute atomic E-state index is 0.0164. The maximum Gasteiger partial charge on any atom is 0.519 e. The third-order valence-electron chi connectivity index (χ3n) is 9.16. The lowest BCUT2D eigenvalue weighted by Gasteiger charge is -2.37. The van der Waals surface area contributed by atoms with E-state index >= 15 is 0 Å². The van der Waals surface area contributed by atoms with Crippen molar-refractivity contribution in [1.82, 2.24) is 15.5 Å². The molecule has 3 unspecified atom stereocenters. The van der Waals surface area contributed by atoms with Crippen LogP contribution in [0.15, 0.2) is 37.9 Å². The van der Waals surface area contributed by atoms with Gasteiger partial charge >= 0.3 is 13.6 Å². The molecule has 0 aliphatic carbocycles. The summed E-state index contributed by atoms with van der Waals surface area (Å²) >= 11 is 5.26. The Balaban J connectivity index is 2.51. The summed E-state index contributed by atoms with van der Waals surface area (Å²) < 4.78 is 44.0. The van der Waals surface area contributed by atoms with Crippen molar-refractivity contribution in [3.05, 3.63) is 52.0 Å². The maximum absolute atomic E-state index is 14.5. The SMILES string of the molecule is CCCCCC(=O)N(COP(=O)(OC)OC)C(Cc1ccc(OCc2oc(=O)oc2C)cc1)C(=O)NC(C(=O)NC(C)(C)CC(C)(C)C(N)=S)C(C)CC. The minimum Gasteiger partial charge on any atom is -0.486 e. The Hall–Kier alpha value is -3.56. The molecular weight excluding hydrogens is 739 g/mol. The van der Waals surface area contributed by atoms with Crippen LogP contribution in [0.5, 0.6) is 5.75 Å². The van der Waals surface area contributed by atoms with E-state index in [4.69, 9.17) is 45.1 Å². The summed E-state index contributed by atoms with van der Waals surface area (Å²) in [7, 11) is -1.78. The van der Waals surface area contributed by atoms with E-state index in [9.17, 15) is 23.7 Å². The van der Waals surface area contributed by atoms with Crippen molar-refractivity contribution in [2.45, 2.75) is 125 Å². The first-order valence-corrected chi connectivity index (χ1v) is 20.0. The number of thiocarbonyl (C=S) groups is 1. The zero-order valence-corrected chi connectivity index (χ0v) is 35.0. The van der Waals surface area contributed by atoms with Gasteiger partial charge in [0, 0.05) is 38.0 Å². The topological polar surface area (TPSA) is 202 Å². The number of carbonyl (C=O) groups excluding carboxylic acids is 3. The van der Waals surface area contributed by atoms with Gasteiger partial charge in [-0.2, -0.15) is 0 Å². The Kier molecular flexibility index (Phi) is 18.1. The van der Waals surface area contributed by atoms with Crippen LogP contribution in [0.25, 0.3) is 0 Å². The van der Waals surface area contributed by atoms with Gasteiger partial charge in [-0.05, 0) is 57.2 Å². The van der Waals surface area contributed by atoms with Crippen LogP contribution in [0.1, 0.15) is 104 Å². The molecule has 0 saturated carbocycles. The molecule has 0 fully saturated rings. The molecule has 15 nitrogen and oxygen atoms in total. The molecule has 17 heteroatoms. The van der Waals surface area contributed by atoms with Gasteiger partial charge in [-0.25, -0.2) is 9.36 Å². The molecule has 2 rings (SSSR count). The van der Waals surface area contributed by atoms with E-state index < -0.39 is 61.1 Å². The lowest BCUT2D eigenvalue weighted by Crippen LogP contribution is -2.60. The summed E-state index contributed by atoms with van der Waals surface area (Å²) in [6.07, 6.45) is 3.24.